The standard InChI is InChI=1S/C9H17N.ClH/c1-7-3-2-4-9(10-7)8-5-6-8;/h7-10H,2-6H2,1H3;1H. The van der Waals surface area contributed by atoms with Crippen LogP contribution >= 0.6 is 12.4 Å². The van der Waals surface area contributed by atoms with Crippen molar-refractivity contribution < 1.29 is 0 Å². The molecule has 0 spiro atoms. The highest BCUT2D eigenvalue weighted by Crippen LogP contribution is 2.36. The van der Waals surface area contributed by atoms with Gasteiger partial charge in [-0.2, -0.15) is 0 Å². The zero-order chi connectivity index (χ0) is 6.97. The molecule has 66 valence electrons. The third kappa shape index (κ3) is 2.34. The molecular formula is C9H18ClN. The average molecular weight is 176 g/mol. The summed E-state index contributed by atoms with van der Waals surface area (Å²) in [6.45, 7) is 2.31. The summed E-state index contributed by atoms with van der Waals surface area (Å²) < 4.78 is 0. The Hall–Kier alpha value is 0.250. The van der Waals surface area contributed by atoms with E-state index in [0.29, 0.717) is 0 Å². The first-order valence-corrected chi connectivity index (χ1v) is 4.62. The fourth-order valence-corrected chi connectivity index (χ4v) is 2.05. The lowest BCUT2D eigenvalue weighted by Gasteiger charge is -2.28. The lowest BCUT2D eigenvalue weighted by Crippen LogP contribution is -2.41. The van der Waals surface area contributed by atoms with Crippen molar-refractivity contribution in [3.8, 4) is 0 Å². The second-order valence-corrected chi connectivity index (χ2v) is 3.94. The first-order chi connectivity index (χ1) is 4.86. The number of rotatable bonds is 1. The van der Waals surface area contributed by atoms with Gasteiger partial charge in [0.2, 0.25) is 0 Å². The average Bonchev–Trinajstić information content (AvgIpc) is 2.68. The van der Waals surface area contributed by atoms with Gasteiger partial charge in [-0.05, 0) is 38.5 Å². The Morgan fingerprint density at radius 2 is 1.82 bits per heavy atom. The van der Waals surface area contributed by atoms with Crippen molar-refractivity contribution in [2.45, 2.75) is 51.1 Å². The normalized spacial score (nSPS) is 37.9. The van der Waals surface area contributed by atoms with Gasteiger partial charge in [-0.3, -0.25) is 0 Å². The number of halogens is 1. The van der Waals surface area contributed by atoms with Gasteiger partial charge in [0.25, 0.3) is 0 Å². The monoisotopic (exact) mass is 175 g/mol. The summed E-state index contributed by atoms with van der Waals surface area (Å²) in [5, 5.41) is 3.68. The van der Waals surface area contributed by atoms with Gasteiger partial charge in [0.05, 0.1) is 0 Å². The number of hydrogen-bond acceptors (Lipinski definition) is 1. The van der Waals surface area contributed by atoms with Crippen LogP contribution in [0.3, 0.4) is 0 Å². The Kier molecular flexibility index (Phi) is 3.20. The van der Waals surface area contributed by atoms with Gasteiger partial charge in [-0.25, -0.2) is 0 Å². The Balaban J connectivity index is 0.000000605. The molecule has 2 rings (SSSR count). The van der Waals surface area contributed by atoms with E-state index in [1.165, 1.54) is 32.1 Å². The third-order valence-electron chi connectivity index (χ3n) is 2.84. The maximum absolute atomic E-state index is 3.68. The van der Waals surface area contributed by atoms with Crippen LogP contribution in [-0.2, 0) is 0 Å². The summed E-state index contributed by atoms with van der Waals surface area (Å²) in [6, 6.07) is 1.68. The van der Waals surface area contributed by atoms with Crippen LogP contribution in [0.5, 0.6) is 0 Å². The molecule has 1 N–H and O–H groups in total. The summed E-state index contributed by atoms with van der Waals surface area (Å²) in [5.74, 6) is 1.06. The second-order valence-electron chi connectivity index (χ2n) is 3.94. The highest BCUT2D eigenvalue weighted by molar-refractivity contribution is 5.85. The van der Waals surface area contributed by atoms with E-state index in [1.807, 2.05) is 0 Å². The van der Waals surface area contributed by atoms with Gasteiger partial charge in [-0.1, -0.05) is 6.42 Å². The maximum atomic E-state index is 3.68. The molecule has 0 aromatic rings. The molecule has 1 saturated carbocycles. The Morgan fingerprint density at radius 3 is 2.36 bits per heavy atom. The molecule has 1 saturated heterocycles. The van der Waals surface area contributed by atoms with Crippen molar-refractivity contribution >= 4 is 12.4 Å². The molecule has 2 heteroatoms. The predicted octanol–water partition coefficient (Wildman–Crippen LogP) is 2.35. The minimum atomic E-state index is 0. The van der Waals surface area contributed by atoms with E-state index >= 15 is 0 Å². The highest BCUT2D eigenvalue weighted by atomic mass is 35.5. The number of hydrogen-bond donors (Lipinski definition) is 1. The van der Waals surface area contributed by atoms with E-state index in [9.17, 15) is 0 Å². The lowest BCUT2D eigenvalue weighted by atomic mass is 9.97. The van der Waals surface area contributed by atoms with Crippen molar-refractivity contribution in [1.82, 2.24) is 5.32 Å². The van der Waals surface area contributed by atoms with Crippen LogP contribution in [0.1, 0.15) is 39.0 Å². The van der Waals surface area contributed by atoms with Crippen LogP contribution in [0.2, 0.25) is 0 Å². The summed E-state index contributed by atoms with van der Waals surface area (Å²) in [7, 11) is 0. The molecule has 0 amide bonds. The summed E-state index contributed by atoms with van der Waals surface area (Å²) in [5.41, 5.74) is 0. The van der Waals surface area contributed by atoms with Gasteiger partial charge >= 0.3 is 0 Å². The molecule has 0 radical (unpaired) electrons. The first-order valence-electron chi connectivity index (χ1n) is 4.62. The van der Waals surface area contributed by atoms with Crippen molar-refractivity contribution in [3.63, 3.8) is 0 Å². The molecule has 2 atom stereocenters. The van der Waals surface area contributed by atoms with Crippen LogP contribution in [0.15, 0.2) is 0 Å². The molecule has 0 bridgehead atoms. The molecular weight excluding hydrogens is 158 g/mol. The molecule has 0 aromatic heterocycles. The molecule has 2 fully saturated rings. The summed E-state index contributed by atoms with van der Waals surface area (Å²) in [4.78, 5) is 0. The first kappa shape index (κ1) is 9.34. The zero-order valence-corrected chi connectivity index (χ0v) is 7.99. The molecule has 2 unspecified atom stereocenters. The summed E-state index contributed by atoms with van der Waals surface area (Å²) >= 11 is 0. The SMILES string of the molecule is CC1CCCC(C2CC2)N1.Cl. The van der Waals surface area contributed by atoms with Gasteiger partial charge in [-0.15, -0.1) is 12.4 Å². The number of piperidine rings is 1. The fourth-order valence-electron chi connectivity index (χ4n) is 2.05. The highest BCUT2D eigenvalue weighted by Gasteiger charge is 2.32. The molecule has 1 heterocycles. The Labute approximate surface area is 75.4 Å². The molecule has 1 aliphatic carbocycles. The van der Waals surface area contributed by atoms with Crippen LogP contribution in [0, 0.1) is 5.92 Å². The fraction of sp³-hybridized carbons (Fsp3) is 1.00. The van der Waals surface area contributed by atoms with Crippen LogP contribution < -0.4 is 5.32 Å². The van der Waals surface area contributed by atoms with Gasteiger partial charge in [0.1, 0.15) is 0 Å². The van der Waals surface area contributed by atoms with Crippen molar-refractivity contribution in [3.05, 3.63) is 0 Å². The van der Waals surface area contributed by atoms with Crippen molar-refractivity contribution in [1.29, 1.82) is 0 Å². The van der Waals surface area contributed by atoms with E-state index in [-0.39, 0.29) is 12.4 Å². The topological polar surface area (TPSA) is 12.0 Å². The quantitative estimate of drug-likeness (QED) is 0.645. The molecule has 0 aromatic carbocycles. The van der Waals surface area contributed by atoms with E-state index in [2.05, 4.69) is 12.2 Å². The van der Waals surface area contributed by atoms with E-state index < -0.39 is 0 Å². The van der Waals surface area contributed by atoms with Gasteiger partial charge < -0.3 is 5.32 Å². The smallest absolute Gasteiger partial charge is 0.00978 e. The van der Waals surface area contributed by atoms with Crippen LogP contribution in [0.25, 0.3) is 0 Å². The number of nitrogens with one attached hydrogen (secondary N) is 1. The largest absolute Gasteiger partial charge is 0.311 e. The molecule has 1 nitrogen and oxygen atoms in total. The predicted molar refractivity (Wildman–Crippen MR) is 50.2 cm³/mol. The van der Waals surface area contributed by atoms with Crippen LogP contribution in [0.4, 0.5) is 0 Å². The maximum Gasteiger partial charge on any atom is 0.00978 e. The molecule has 11 heavy (non-hydrogen) atoms. The molecule has 2 aliphatic rings. The summed E-state index contributed by atoms with van der Waals surface area (Å²) in [6.07, 6.45) is 7.27. The van der Waals surface area contributed by atoms with E-state index in [1.54, 1.807) is 0 Å². The van der Waals surface area contributed by atoms with Gasteiger partial charge in [0, 0.05) is 12.1 Å². The van der Waals surface area contributed by atoms with E-state index in [4.69, 9.17) is 0 Å². The third-order valence-corrected chi connectivity index (χ3v) is 2.84. The minimum Gasteiger partial charge on any atom is -0.311 e. The van der Waals surface area contributed by atoms with Crippen molar-refractivity contribution in [2.24, 2.45) is 5.92 Å². The minimum absolute atomic E-state index is 0. The Morgan fingerprint density at radius 1 is 1.09 bits per heavy atom. The van der Waals surface area contributed by atoms with Gasteiger partial charge in [0.15, 0.2) is 0 Å². The van der Waals surface area contributed by atoms with E-state index in [0.717, 1.165) is 18.0 Å². The zero-order valence-electron chi connectivity index (χ0n) is 7.18. The second kappa shape index (κ2) is 3.77. The lowest BCUT2D eigenvalue weighted by molar-refractivity contribution is 0.310. The Bertz CT molecular complexity index is 123. The van der Waals surface area contributed by atoms with Crippen LogP contribution in [-0.4, -0.2) is 12.1 Å². The molecule has 1 aliphatic heterocycles. The van der Waals surface area contributed by atoms with Crippen molar-refractivity contribution in [2.75, 3.05) is 0 Å².